The number of carbonyl (C=O) groups excluding carboxylic acids is 1. The van der Waals surface area contributed by atoms with Crippen LogP contribution in [0.4, 0.5) is 0 Å². The zero-order chi connectivity index (χ0) is 22.7. The van der Waals surface area contributed by atoms with E-state index in [1.54, 1.807) is 31.7 Å². The molecule has 0 amide bonds. The van der Waals surface area contributed by atoms with Gasteiger partial charge in [0.15, 0.2) is 11.5 Å². The molecule has 2 aromatic heterocycles. The fourth-order valence-electron chi connectivity index (χ4n) is 3.56. The molecule has 0 saturated carbocycles. The minimum atomic E-state index is -1.27. The van der Waals surface area contributed by atoms with Crippen LogP contribution in [0.15, 0.2) is 54.9 Å². The van der Waals surface area contributed by atoms with Gasteiger partial charge >= 0.3 is 5.97 Å². The first-order valence-electron chi connectivity index (χ1n) is 10.3. The Bertz CT molecular complexity index is 1210. The smallest absolute Gasteiger partial charge is 0.357 e. The van der Waals surface area contributed by atoms with Gasteiger partial charge in [-0.1, -0.05) is 48.5 Å². The van der Waals surface area contributed by atoms with Crippen LogP contribution in [0.2, 0.25) is 0 Å². The van der Waals surface area contributed by atoms with E-state index >= 15 is 0 Å². The van der Waals surface area contributed by atoms with Gasteiger partial charge < -0.3 is 14.4 Å². The number of hydrogen-bond donors (Lipinski definition) is 2. The summed E-state index contributed by atoms with van der Waals surface area (Å²) < 4.78 is 6.90. The Hall–Kier alpha value is -3.85. The number of aromatic nitrogens is 6. The summed E-state index contributed by atoms with van der Waals surface area (Å²) in [5.41, 5.74) is 3.16. The molecule has 2 heterocycles. The van der Waals surface area contributed by atoms with E-state index in [0.29, 0.717) is 18.1 Å². The fraction of sp³-hybridized carbons (Fsp3) is 0.261. The molecule has 0 aliphatic heterocycles. The predicted octanol–water partition coefficient (Wildman–Crippen LogP) is 3.18. The molecule has 164 valence electrons. The summed E-state index contributed by atoms with van der Waals surface area (Å²) in [5, 5.41) is 24.6. The largest absolute Gasteiger partial charge is 0.461 e. The molecule has 4 aromatic rings. The number of benzene rings is 2. The Morgan fingerprint density at radius 1 is 1.12 bits per heavy atom. The first-order valence-corrected chi connectivity index (χ1v) is 10.3. The van der Waals surface area contributed by atoms with Crippen LogP contribution in [0.25, 0.3) is 22.5 Å². The van der Waals surface area contributed by atoms with E-state index < -0.39 is 11.6 Å². The molecule has 0 aliphatic carbocycles. The SMILES string of the molecule is CCOC(=O)c1c(C(C)(C)O)ncn1Cc1ccc(-c2ccccc2-c2nnn[nH]2)cc1. The third-order valence-electron chi connectivity index (χ3n) is 5.03. The van der Waals surface area contributed by atoms with Gasteiger partial charge in [0.25, 0.3) is 0 Å². The average molecular weight is 432 g/mol. The van der Waals surface area contributed by atoms with Crippen LogP contribution in [0.3, 0.4) is 0 Å². The second kappa shape index (κ2) is 8.72. The standard InChI is InChI=1S/C23H24N6O3/c1-4-32-22(30)19-20(23(2,3)31)24-14-29(19)13-15-9-11-16(12-10-15)17-7-5-6-8-18(17)21-25-27-28-26-21/h5-12,14,31H,4,13H2,1-3H3,(H,25,26,27,28). The summed E-state index contributed by atoms with van der Waals surface area (Å²) in [5.74, 6) is 0.0923. The summed E-state index contributed by atoms with van der Waals surface area (Å²) in [6.07, 6.45) is 1.56. The highest BCUT2D eigenvalue weighted by atomic mass is 16.5. The molecule has 9 nitrogen and oxygen atoms in total. The van der Waals surface area contributed by atoms with E-state index in [0.717, 1.165) is 22.3 Å². The van der Waals surface area contributed by atoms with Crippen molar-refractivity contribution in [3.8, 4) is 22.5 Å². The molecular formula is C23H24N6O3. The molecule has 0 atom stereocenters. The lowest BCUT2D eigenvalue weighted by molar-refractivity contribution is 0.0469. The highest BCUT2D eigenvalue weighted by molar-refractivity contribution is 5.89. The summed E-state index contributed by atoms with van der Waals surface area (Å²) >= 11 is 0. The Kier molecular flexibility index (Phi) is 5.83. The van der Waals surface area contributed by atoms with Crippen molar-refractivity contribution in [2.45, 2.75) is 32.9 Å². The van der Waals surface area contributed by atoms with Gasteiger partial charge in [0, 0.05) is 12.1 Å². The number of ether oxygens (including phenoxy) is 1. The van der Waals surface area contributed by atoms with Gasteiger partial charge in [0.2, 0.25) is 0 Å². The van der Waals surface area contributed by atoms with Crippen molar-refractivity contribution < 1.29 is 14.6 Å². The van der Waals surface area contributed by atoms with Crippen molar-refractivity contribution in [3.05, 3.63) is 71.8 Å². The van der Waals surface area contributed by atoms with Crippen LogP contribution < -0.4 is 0 Å². The van der Waals surface area contributed by atoms with E-state index in [9.17, 15) is 9.90 Å². The third-order valence-corrected chi connectivity index (χ3v) is 5.03. The number of aliphatic hydroxyl groups is 1. The lowest BCUT2D eigenvalue weighted by atomic mass is 9.98. The molecule has 9 heteroatoms. The Labute approximate surface area is 185 Å². The quantitative estimate of drug-likeness (QED) is 0.431. The van der Waals surface area contributed by atoms with Crippen LogP contribution >= 0.6 is 0 Å². The van der Waals surface area contributed by atoms with E-state index in [-0.39, 0.29) is 12.3 Å². The van der Waals surface area contributed by atoms with Crippen molar-refractivity contribution in [2.24, 2.45) is 0 Å². The monoisotopic (exact) mass is 432 g/mol. The molecular weight excluding hydrogens is 408 g/mol. The second-order valence-corrected chi connectivity index (χ2v) is 7.84. The van der Waals surface area contributed by atoms with Gasteiger partial charge in [-0.3, -0.25) is 0 Å². The molecule has 2 aromatic carbocycles. The van der Waals surface area contributed by atoms with E-state index in [4.69, 9.17) is 4.74 Å². The van der Waals surface area contributed by atoms with Crippen LogP contribution in [0.5, 0.6) is 0 Å². The molecule has 0 saturated heterocycles. The molecule has 32 heavy (non-hydrogen) atoms. The van der Waals surface area contributed by atoms with Gasteiger partial charge in [-0.25, -0.2) is 14.9 Å². The van der Waals surface area contributed by atoms with Gasteiger partial charge in [-0.15, -0.1) is 5.10 Å². The predicted molar refractivity (Wildman–Crippen MR) is 118 cm³/mol. The minimum Gasteiger partial charge on any atom is -0.461 e. The summed E-state index contributed by atoms with van der Waals surface area (Å²) in [6.45, 7) is 5.58. The van der Waals surface area contributed by atoms with E-state index in [2.05, 4.69) is 25.6 Å². The highest BCUT2D eigenvalue weighted by Gasteiger charge is 2.30. The van der Waals surface area contributed by atoms with Crippen molar-refractivity contribution in [3.63, 3.8) is 0 Å². The van der Waals surface area contributed by atoms with Crippen molar-refractivity contribution >= 4 is 5.97 Å². The maximum absolute atomic E-state index is 12.6. The molecule has 0 bridgehead atoms. The maximum Gasteiger partial charge on any atom is 0.357 e. The lowest BCUT2D eigenvalue weighted by Gasteiger charge is -2.17. The number of tetrazole rings is 1. The van der Waals surface area contributed by atoms with Gasteiger partial charge in [-0.2, -0.15) is 0 Å². The number of imidazole rings is 1. The Balaban J connectivity index is 1.64. The summed E-state index contributed by atoms with van der Waals surface area (Å²) in [6, 6.07) is 15.9. The van der Waals surface area contributed by atoms with Crippen molar-refractivity contribution in [2.75, 3.05) is 6.61 Å². The topological polar surface area (TPSA) is 119 Å². The highest BCUT2D eigenvalue weighted by Crippen LogP contribution is 2.30. The number of hydrogen-bond acceptors (Lipinski definition) is 7. The van der Waals surface area contributed by atoms with Crippen LogP contribution in [0, 0.1) is 0 Å². The molecule has 0 radical (unpaired) electrons. The molecule has 0 spiro atoms. The number of nitrogens with one attached hydrogen (secondary N) is 1. The van der Waals surface area contributed by atoms with Gasteiger partial charge in [0.1, 0.15) is 11.3 Å². The van der Waals surface area contributed by atoms with Crippen molar-refractivity contribution in [1.82, 2.24) is 30.2 Å². The number of carbonyl (C=O) groups is 1. The van der Waals surface area contributed by atoms with Gasteiger partial charge in [0.05, 0.1) is 12.9 Å². The summed E-state index contributed by atoms with van der Waals surface area (Å²) in [7, 11) is 0. The maximum atomic E-state index is 12.6. The number of rotatable bonds is 7. The van der Waals surface area contributed by atoms with E-state index in [1.165, 1.54) is 0 Å². The first-order chi connectivity index (χ1) is 15.4. The molecule has 0 unspecified atom stereocenters. The Morgan fingerprint density at radius 2 is 1.84 bits per heavy atom. The number of esters is 1. The fourth-order valence-corrected chi connectivity index (χ4v) is 3.56. The summed E-state index contributed by atoms with van der Waals surface area (Å²) in [4.78, 5) is 16.8. The number of H-pyrrole nitrogens is 1. The van der Waals surface area contributed by atoms with E-state index in [1.807, 2.05) is 48.5 Å². The average Bonchev–Trinajstić information content (AvgIpc) is 3.45. The van der Waals surface area contributed by atoms with Gasteiger partial charge in [-0.05, 0) is 47.9 Å². The van der Waals surface area contributed by atoms with Crippen molar-refractivity contribution in [1.29, 1.82) is 0 Å². The minimum absolute atomic E-state index is 0.240. The van der Waals surface area contributed by atoms with Crippen LogP contribution in [-0.2, 0) is 16.9 Å². The number of nitrogens with zero attached hydrogens (tertiary/aromatic N) is 5. The molecule has 2 N–H and O–H groups in total. The van der Waals surface area contributed by atoms with Crippen LogP contribution in [0.1, 0.15) is 42.5 Å². The Morgan fingerprint density at radius 3 is 2.47 bits per heavy atom. The molecule has 0 fully saturated rings. The van der Waals surface area contributed by atoms with Crippen LogP contribution in [-0.4, -0.2) is 47.9 Å². The number of aromatic amines is 1. The zero-order valence-corrected chi connectivity index (χ0v) is 18.1. The normalized spacial score (nSPS) is 11.5. The third kappa shape index (κ3) is 4.28. The second-order valence-electron chi connectivity index (χ2n) is 7.84. The molecule has 0 aliphatic rings. The zero-order valence-electron chi connectivity index (χ0n) is 18.1. The first kappa shape index (κ1) is 21.4. The molecule has 4 rings (SSSR count). The lowest BCUT2D eigenvalue weighted by Crippen LogP contribution is -2.23.